The van der Waals surface area contributed by atoms with Crippen LogP contribution < -0.4 is 4.90 Å². The van der Waals surface area contributed by atoms with Crippen molar-refractivity contribution in [2.45, 2.75) is 0 Å². The van der Waals surface area contributed by atoms with Crippen molar-refractivity contribution in [1.82, 2.24) is 14.9 Å². The average Bonchev–Trinajstić information content (AvgIpc) is 2.95. The van der Waals surface area contributed by atoms with E-state index in [-0.39, 0.29) is 5.82 Å². The topological polar surface area (TPSA) is 32.3 Å². The molecule has 2 aliphatic heterocycles. The number of halogens is 1. The molecule has 104 valence electrons. The molecule has 2 aliphatic rings. The van der Waals surface area contributed by atoms with E-state index in [0.29, 0.717) is 11.8 Å². The minimum atomic E-state index is -0.229. The number of hydrogen-bond acceptors (Lipinski definition) is 4. The molecule has 4 nitrogen and oxygen atoms in total. The molecule has 0 aliphatic carbocycles. The second kappa shape index (κ2) is 4.38. The summed E-state index contributed by atoms with van der Waals surface area (Å²) >= 11 is 0. The van der Waals surface area contributed by atoms with Gasteiger partial charge in [0.25, 0.3) is 0 Å². The van der Waals surface area contributed by atoms with E-state index in [2.05, 4.69) is 26.8 Å². The Morgan fingerprint density at radius 1 is 1.10 bits per heavy atom. The molecule has 2 unspecified atom stereocenters. The van der Waals surface area contributed by atoms with Gasteiger partial charge in [-0.3, -0.25) is 0 Å². The van der Waals surface area contributed by atoms with Crippen LogP contribution in [0.5, 0.6) is 0 Å². The Bertz CT molecular complexity index is 645. The minimum absolute atomic E-state index is 0.229. The van der Waals surface area contributed by atoms with E-state index in [4.69, 9.17) is 0 Å². The fourth-order valence-corrected chi connectivity index (χ4v) is 3.67. The first-order valence-corrected chi connectivity index (χ1v) is 7.04. The number of benzene rings is 1. The summed E-state index contributed by atoms with van der Waals surface area (Å²) in [5.41, 5.74) is 0.811. The van der Waals surface area contributed by atoms with E-state index in [1.54, 1.807) is 18.5 Å². The molecule has 2 saturated heterocycles. The highest BCUT2D eigenvalue weighted by molar-refractivity contribution is 5.89. The van der Waals surface area contributed by atoms with Gasteiger partial charge in [-0.2, -0.15) is 0 Å². The van der Waals surface area contributed by atoms with Crippen LogP contribution in [-0.2, 0) is 0 Å². The number of nitrogens with zero attached hydrogens (tertiary/aromatic N) is 4. The zero-order chi connectivity index (χ0) is 13.7. The number of fused-ring (bicyclic) bond motifs is 2. The van der Waals surface area contributed by atoms with Crippen LogP contribution in [0.25, 0.3) is 10.9 Å². The second-order valence-electron chi connectivity index (χ2n) is 6.01. The molecule has 1 aromatic carbocycles. The summed E-state index contributed by atoms with van der Waals surface area (Å²) in [4.78, 5) is 13.3. The molecule has 0 bridgehead atoms. The van der Waals surface area contributed by atoms with Gasteiger partial charge in [0.15, 0.2) is 0 Å². The standard InChI is InChI=1S/C15H17FN4/c1-19-5-10-7-20(8-11(10)6-19)15-13-4-12(16)2-3-14(13)17-9-18-15/h2-4,9-11H,5-8H2,1H3. The molecule has 0 spiro atoms. The van der Waals surface area contributed by atoms with Gasteiger partial charge >= 0.3 is 0 Å². The molecule has 4 rings (SSSR count). The number of anilines is 1. The highest BCUT2D eigenvalue weighted by Crippen LogP contribution is 2.34. The molecular weight excluding hydrogens is 255 g/mol. The molecule has 0 N–H and O–H groups in total. The van der Waals surface area contributed by atoms with Crippen molar-refractivity contribution in [3.8, 4) is 0 Å². The van der Waals surface area contributed by atoms with Crippen molar-refractivity contribution in [3.05, 3.63) is 30.3 Å². The summed E-state index contributed by atoms with van der Waals surface area (Å²) in [5, 5.41) is 0.820. The molecular formula is C15H17FN4. The van der Waals surface area contributed by atoms with Gasteiger partial charge in [0, 0.05) is 31.6 Å². The Morgan fingerprint density at radius 2 is 1.85 bits per heavy atom. The Kier molecular flexibility index (Phi) is 2.63. The molecule has 0 radical (unpaired) electrons. The summed E-state index contributed by atoms with van der Waals surface area (Å²) in [6, 6.07) is 4.72. The summed E-state index contributed by atoms with van der Waals surface area (Å²) in [5.74, 6) is 2.07. The molecule has 1 aromatic heterocycles. The third-order valence-corrected chi connectivity index (χ3v) is 4.54. The van der Waals surface area contributed by atoms with Gasteiger partial charge in [-0.1, -0.05) is 0 Å². The molecule has 0 amide bonds. The lowest BCUT2D eigenvalue weighted by molar-refractivity contribution is 0.387. The molecule has 0 saturated carbocycles. The number of hydrogen-bond donors (Lipinski definition) is 0. The summed E-state index contributed by atoms with van der Waals surface area (Å²) in [7, 11) is 2.18. The Labute approximate surface area is 117 Å². The maximum absolute atomic E-state index is 13.5. The van der Waals surface area contributed by atoms with E-state index in [1.165, 1.54) is 6.07 Å². The van der Waals surface area contributed by atoms with Crippen molar-refractivity contribution in [2.75, 3.05) is 38.1 Å². The molecule has 2 fully saturated rings. The fourth-order valence-electron chi connectivity index (χ4n) is 3.67. The van der Waals surface area contributed by atoms with Crippen LogP contribution in [0.3, 0.4) is 0 Å². The largest absolute Gasteiger partial charge is 0.355 e. The molecule has 3 heterocycles. The fraction of sp³-hybridized carbons (Fsp3) is 0.467. The van der Waals surface area contributed by atoms with Crippen LogP contribution in [0.2, 0.25) is 0 Å². The van der Waals surface area contributed by atoms with Crippen LogP contribution in [0.15, 0.2) is 24.5 Å². The van der Waals surface area contributed by atoms with Crippen molar-refractivity contribution < 1.29 is 4.39 Å². The van der Waals surface area contributed by atoms with Crippen molar-refractivity contribution >= 4 is 16.7 Å². The quantitative estimate of drug-likeness (QED) is 0.792. The number of rotatable bonds is 1. The molecule has 20 heavy (non-hydrogen) atoms. The van der Waals surface area contributed by atoms with Crippen molar-refractivity contribution in [1.29, 1.82) is 0 Å². The second-order valence-corrected chi connectivity index (χ2v) is 6.01. The van der Waals surface area contributed by atoms with Gasteiger partial charge in [-0.05, 0) is 37.1 Å². The number of aromatic nitrogens is 2. The molecule has 5 heteroatoms. The highest BCUT2D eigenvalue weighted by Gasteiger charge is 2.39. The van der Waals surface area contributed by atoms with Gasteiger partial charge in [0.1, 0.15) is 18.0 Å². The van der Waals surface area contributed by atoms with Gasteiger partial charge in [-0.25, -0.2) is 14.4 Å². The lowest BCUT2D eigenvalue weighted by Crippen LogP contribution is -2.27. The lowest BCUT2D eigenvalue weighted by Gasteiger charge is -2.21. The third kappa shape index (κ3) is 1.85. The maximum atomic E-state index is 13.5. The third-order valence-electron chi connectivity index (χ3n) is 4.54. The van der Waals surface area contributed by atoms with Crippen LogP contribution in [0.1, 0.15) is 0 Å². The van der Waals surface area contributed by atoms with E-state index in [1.807, 2.05) is 0 Å². The molecule has 2 aromatic rings. The monoisotopic (exact) mass is 272 g/mol. The SMILES string of the molecule is CN1CC2CN(c3ncnc4ccc(F)cc34)CC2C1. The average molecular weight is 272 g/mol. The van der Waals surface area contributed by atoms with Crippen LogP contribution >= 0.6 is 0 Å². The summed E-state index contributed by atoms with van der Waals surface area (Å²) < 4.78 is 13.5. The lowest BCUT2D eigenvalue weighted by atomic mass is 10.0. The minimum Gasteiger partial charge on any atom is -0.355 e. The predicted molar refractivity (Wildman–Crippen MR) is 76.2 cm³/mol. The first kappa shape index (κ1) is 12.0. The Morgan fingerprint density at radius 3 is 2.60 bits per heavy atom. The Hall–Kier alpha value is -1.75. The van der Waals surface area contributed by atoms with E-state index >= 15 is 0 Å². The normalized spacial score (nSPS) is 26.4. The van der Waals surface area contributed by atoms with Crippen molar-refractivity contribution in [3.63, 3.8) is 0 Å². The molecule has 2 atom stereocenters. The maximum Gasteiger partial charge on any atom is 0.140 e. The first-order chi connectivity index (χ1) is 9.70. The number of likely N-dealkylation sites (tertiary alicyclic amines) is 1. The van der Waals surface area contributed by atoms with Crippen LogP contribution in [0, 0.1) is 17.7 Å². The van der Waals surface area contributed by atoms with Crippen LogP contribution in [-0.4, -0.2) is 48.1 Å². The Balaban J connectivity index is 1.71. The van der Waals surface area contributed by atoms with E-state index < -0.39 is 0 Å². The summed E-state index contributed by atoms with van der Waals surface area (Å²) in [6.45, 7) is 4.33. The van der Waals surface area contributed by atoms with Crippen molar-refractivity contribution in [2.24, 2.45) is 11.8 Å². The van der Waals surface area contributed by atoms with Gasteiger partial charge < -0.3 is 9.80 Å². The predicted octanol–water partition coefficient (Wildman–Crippen LogP) is 1.77. The van der Waals surface area contributed by atoms with Crippen LogP contribution in [0.4, 0.5) is 10.2 Å². The van der Waals surface area contributed by atoms with E-state index in [9.17, 15) is 4.39 Å². The zero-order valence-electron chi connectivity index (χ0n) is 11.5. The zero-order valence-corrected chi connectivity index (χ0v) is 11.5. The van der Waals surface area contributed by atoms with Gasteiger partial charge in [-0.15, -0.1) is 0 Å². The first-order valence-electron chi connectivity index (χ1n) is 7.04. The van der Waals surface area contributed by atoms with Gasteiger partial charge in [0.2, 0.25) is 0 Å². The summed E-state index contributed by atoms with van der Waals surface area (Å²) in [6.07, 6.45) is 1.58. The van der Waals surface area contributed by atoms with E-state index in [0.717, 1.165) is 42.9 Å². The van der Waals surface area contributed by atoms with Gasteiger partial charge in [0.05, 0.1) is 5.52 Å². The highest BCUT2D eigenvalue weighted by atomic mass is 19.1. The smallest absolute Gasteiger partial charge is 0.140 e.